The number of nitrogens with zero attached hydrogens (tertiary/aromatic N) is 1. The Balaban J connectivity index is 2.90. The molecule has 1 aromatic rings. The lowest BCUT2D eigenvalue weighted by Crippen LogP contribution is -2.05. The lowest BCUT2D eigenvalue weighted by atomic mass is 10.2. The second-order valence-corrected chi connectivity index (χ2v) is 2.66. The van der Waals surface area contributed by atoms with Crippen molar-refractivity contribution < 1.29 is 17.9 Å². The molecule has 80 valence electrons. The van der Waals surface area contributed by atoms with E-state index in [0.29, 0.717) is 0 Å². The van der Waals surface area contributed by atoms with Gasteiger partial charge in [-0.05, 0) is 18.1 Å². The van der Waals surface area contributed by atoms with Crippen LogP contribution >= 0.6 is 0 Å². The molecule has 1 rings (SSSR count). The van der Waals surface area contributed by atoms with Crippen LogP contribution in [0.1, 0.15) is 11.3 Å². The van der Waals surface area contributed by atoms with Crippen LogP contribution in [0.2, 0.25) is 0 Å². The highest BCUT2D eigenvalue weighted by molar-refractivity contribution is 5.31. The molecule has 0 spiro atoms. The van der Waals surface area contributed by atoms with E-state index in [0.717, 1.165) is 18.3 Å². The summed E-state index contributed by atoms with van der Waals surface area (Å²) in [4.78, 5) is 3.70. The summed E-state index contributed by atoms with van der Waals surface area (Å²) < 4.78 is 41.4. The number of rotatable bonds is 1. The third kappa shape index (κ3) is 3.60. The van der Waals surface area contributed by atoms with Crippen LogP contribution in [-0.2, 0) is 10.9 Å². The van der Waals surface area contributed by atoms with Crippen molar-refractivity contribution in [3.05, 3.63) is 29.6 Å². The van der Waals surface area contributed by atoms with Gasteiger partial charge in [0.25, 0.3) is 0 Å². The molecule has 0 aliphatic heterocycles. The van der Waals surface area contributed by atoms with Crippen LogP contribution in [0, 0.1) is 11.8 Å². The minimum atomic E-state index is -4.36. The third-order valence-electron chi connectivity index (χ3n) is 1.52. The summed E-state index contributed by atoms with van der Waals surface area (Å²) in [5, 5.41) is 0. The van der Waals surface area contributed by atoms with Crippen molar-refractivity contribution in [1.29, 1.82) is 0 Å². The first kappa shape index (κ1) is 11.5. The molecule has 5 heteroatoms. The van der Waals surface area contributed by atoms with Crippen LogP contribution in [0.25, 0.3) is 0 Å². The van der Waals surface area contributed by atoms with Gasteiger partial charge in [0.1, 0.15) is 12.3 Å². The van der Waals surface area contributed by atoms with E-state index < -0.39 is 11.7 Å². The van der Waals surface area contributed by atoms with Gasteiger partial charge in [-0.2, -0.15) is 13.2 Å². The van der Waals surface area contributed by atoms with Crippen LogP contribution in [0.5, 0.6) is 0 Å². The standard InChI is InChI=1S/C10H8F3NO/c1-15-6-2-3-9-7-8(4-5-14-9)10(11,12)13/h4-5,7H,6H2,1H3. The van der Waals surface area contributed by atoms with Crippen molar-refractivity contribution in [2.75, 3.05) is 13.7 Å². The molecule has 0 atom stereocenters. The van der Waals surface area contributed by atoms with E-state index in [1.165, 1.54) is 7.11 Å². The smallest absolute Gasteiger partial charge is 0.372 e. The van der Waals surface area contributed by atoms with Gasteiger partial charge < -0.3 is 4.74 Å². The van der Waals surface area contributed by atoms with E-state index in [1.54, 1.807) is 0 Å². The van der Waals surface area contributed by atoms with Crippen LogP contribution < -0.4 is 0 Å². The van der Waals surface area contributed by atoms with E-state index in [4.69, 9.17) is 0 Å². The summed E-state index contributed by atoms with van der Waals surface area (Å²) in [6, 6.07) is 1.81. The highest BCUT2D eigenvalue weighted by Gasteiger charge is 2.30. The van der Waals surface area contributed by atoms with Gasteiger partial charge >= 0.3 is 6.18 Å². The van der Waals surface area contributed by atoms with Crippen LogP contribution in [0.3, 0.4) is 0 Å². The molecule has 0 N–H and O–H groups in total. The third-order valence-corrected chi connectivity index (χ3v) is 1.52. The average molecular weight is 215 g/mol. The molecule has 0 radical (unpaired) electrons. The zero-order valence-electron chi connectivity index (χ0n) is 7.93. The molecular formula is C10H8F3NO. The van der Waals surface area contributed by atoms with E-state index in [1.807, 2.05) is 0 Å². The number of hydrogen-bond acceptors (Lipinski definition) is 2. The van der Waals surface area contributed by atoms with Crippen molar-refractivity contribution >= 4 is 0 Å². The van der Waals surface area contributed by atoms with Gasteiger partial charge in [-0.3, -0.25) is 0 Å². The Labute approximate surface area is 85.1 Å². The molecule has 1 heterocycles. The summed E-state index contributed by atoms with van der Waals surface area (Å²) in [5.74, 6) is 5.00. The topological polar surface area (TPSA) is 22.1 Å². The normalized spacial score (nSPS) is 10.7. The summed E-state index contributed by atoms with van der Waals surface area (Å²) >= 11 is 0. The van der Waals surface area contributed by atoms with Gasteiger partial charge in [-0.1, -0.05) is 5.92 Å². The van der Waals surface area contributed by atoms with Crippen molar-refractivity contribution in [3.8, 4) is 11.8 Å². The second-order valence-electron chi connectivity index (χ2n) is 2.66. The van der Waals surface area contributed by atoms with E-state index >= 15 is 0 Å². The minimum absolute atomic E-state index is 0.0851. The number of halogens is 3. The van der Waals surface area contributed by atoms with Crippen molar-refractivity contribution in [2.24, 2.45) is 0 Å². The average Bonchev–Trinajstić information content (AvgIpc) is 2.17. The maximum absolute atomic E-state index is 12.3. The molecule has 2 nitrogen and oxygen atoms in total. The molecule has 0 aromatic carbocycles. The Morgan fingerprint density at radius 2 is 2.20 bits per heavy atom. The van der Waals surface area contributed by atoms with Crippen LogP contribution in [0.15, 0.2) is 18.3 Å². The zero-order valence-corrected chi connectivity index (χ0v) is 7.93. The molecule has 1 aromatic heterocycles. The highest BCUT2D eigenvalue weighted by atomic mass is 19.4. The van der Waals surface area contributed by atoms with Gasteiger partial charge in [0.2, 0.25) is 0 Å². The number of hydrogen-bond donors (Lipinski definition) is 0. The van der Waals surface area contributed by atoms with Crippen molar-refractivity contribution in [2.45, 2.75) is 6.18 Å². The highest BCUT2D eigenvalue weighted by Crippen LogP contribution is 2.28. The molecular weight excluding hydrogens is 207 g/mol. The van der Waals surface area contributed by atoms with E-state index in [2.05, 4.69) is 21.6 Å². The monoisotopic (exact) mass is 215 g/mol. The molecule has 0 aliphatic rings. The molecule has 0 saturated heterocycles. The van der Waals surface area contributed by atoms with Gasteiger partial charge in [-0.15, -0.1) is 0 Å². The maximum Gasteiger partial charge on any atom is 0.416 e. The Morgan fingerprint density at radius 1 is 1.47 bits per heavy atom. The van der Waals surface area contributed by atoms with Gasteiger partial charge in [0.05, 0.1) is 5.56 Å². The number of aromatic nitrogens is 1. The number of pyridine rings is 1. The molecule has 0 saturated carbocycles. The molecule has 0 aliphatic carbocycles. The van der Waals surface area contributed by atoms with Crippen LogP contribution in [0.4, 0.5) is 13.2 Å². The fourth-order valence-corrected chi connectivity index (χ4v) is 0.874. The Bertz CT molecular complexity index is 390. The fourth-order valence-electron chi connectivity index (χ4n) is 0.874. The quantitative estimate of drug-likeness (QED) is 0.669. The molecule has 0 bridgehead atoms. The summed E-state index contributed by atoms with van der Waals surface area (Å²) in [6.07, 6.45) is -3.28. The molecule has 0 fully saturated rings. The summed E-state index contributed by atoms with van der Waals surface area (Å²) in [7, 11) is 1.45. The molecule has 15 heavy (non-hydrogen) atoms. The van der Waals surface area contributed by atoms with Gasteiger partial charge in [0, 0.05) is 13.3 Å². The van der Waals surface area contributed by atoms with Gasteiger partial charge in [-0.25, -0.2) is 4.98 Å². The predicted molar refractivity (Wildman–Crippen MR) is 48.0 cm³/mol. The first-order valence-corrected chi connectivity index (χ1v) is 4.05. The van der Waals surface area contributed by atoms with Crippen molar-refractivity contribution in [3.63, 3.8) is 0 Å². The first-order valence-electron chi connectivity index (χ1n) is 4.05. The summed E-state index contributed by atoms with van der Waals surface area (Å²) in [6.45, 7) is 0.165. The number of methoxy groups -OCH3 is 1. The lowest BCUT2D eigenvalue weighted by molar-refractivity contribution is -0.137. The fraction of sp³-hybridized carbons (Fsp3) is 0.300. The maximum atomic E-state index is 12.3. The Hall–Kier alpha value is -1.54. The number of ether oxygens (including phenoxy) is 1. The van der Waals surface area contributed by atoms with E-state index in [9.17, 15) is 13.2 Å². The predicted octanol–water partition coefficient (Wildman–Crippen LogP) is 2.10. The first-order chi connectivity index (χ1) is 7.04. The Morgan fingerprint density at radius 3 is 2.80 bits per heavy atom. The van der Waals surface area contributed by atoms with Gasteiger partial charge in [0.15, 0.2) is 0 Å². The molecule has 0 unspecified atom stereocenters. The Kier molecular flexibility index (Phi) is 3.69. The van der Waals surface area contributed by atoms with Crippen LogP contribution in [-0.4, -0.2) is 18.7 Å². The largest absolute Gasteiger partial charge is 0.416 e. The second kappa shape index (κ2) is 4.80. The van der Waals surface area contributed by atoms with Crippen molar-refractivity contribution in [1.82, 2.24) is 4.98 Å². The minimum Gasteiger partial charge on any atom is -0.372 e. The zero-order chi connectivity index (χ0) is 11.3. The summed E-state index contributed by atoms with van der Waals surface area (Å²) in [5.41, 5.74) is -0.666. The lowest BCUT2D eigenvalue weighted by Gasteiger charge is -2.05. The number of alkyl halides is 3. The van der Waals surface area contributed by atoms with E-state index in [-0.39, 0.29) is 12.3 Å². The SMILES string of the molecule is COCC#Cc1cc(C(F)(F)F)ccn1. The molecule has 0 amide bonds.